The SMILES string of the molecule is CCS(=O)(=O)Nc1ccc(Nc2ccc(Cl)cc2C)nc1. The lowest BCUT2D eigenvalue weighted by atomic mass is 10.2. The molecule has 1 heterocycles. The molecule has 0 aliphatic carbocycles. The highest BCUT2D eigenvalue weighted by Gasteiger charge is 2.07. The zero-order chi connectivity index (χ0) is 15.5. The molecule has 0 aliphatic heterocycles. The lowest BCUT2D eigenvalue weighted by Crippen LogP contribution is -2.14. The molecule has 0 atom stereocenters. The minimum atomic E-state index is -3.28. The lowest BCUT2D eigenvalue weighted by molar-refractivity contribution is 0.602. The highest BCUT2D eigenvalue weighted by Crippen LogP contribution is 2.23. The summed E-state index contributed by atoms with van der Waals surface area (Å²) in [6.07, 6.45) is 1.47. The number of pyridine rings is 1. The Labute approximate surface area is 129 Å². The smallest absolute Gasteiger partial charge is 0.232 e. The van der Waals surface area contributed by atoms with E-state index < -0.39 is 10.0 Å². The van der Waals surface area contributed by atoms with E-state index in [9.17, 15) is 8.42 Å². The van der Waals surface area contributed by atoms with Crippen molar-refractivity contribution < 1.29 is 8.42 Å². The zero-order valence-electron chi connectivity index (χ0n) is 11.7. The van der Waals surface area contributed by atoms with E-state index in [1.807, 2.05) is 19.1 Å². The number of aromatic nitrogens is 1. The predicted molar refractivity (Wildman–Crippen MR) is 86.8 cm³/mol. The lowest BCUT2D eigenvalue weighted by Gasteiger charge is -2.10. The summed E-state index contributed by atoms with van der Waals surface area (Å²) in [5.41, 5.74) is 2.34. The molecule has 0 saturated heterocycles. The van der Waals surface area contributed by atoms with Gasteiger partial charge in [-0.25, -0.2) is 13.4 Å². The number of anilines is 3. The van der Waals surface area contributed by atoms with E-state index in [-0.39, 0.29) is 5.75 Å². The van der Waals surface area contributed by atoms with Crippen LogP contribution in [0, 0.1) is 6.92 Å². The molecule has 0 bridgehead atoms. The second kappa shape index (κ2) is 6.32. The van der Waals surface area contributed by atoms with Crippen LogP contribution in [0.25, 0.3) is 0 Å². The van der Waals surface area contributed by atoms with Gasteiger partial charge in [-0.15, -0.1) is 0 Å². The average molecular weight is 326 g/mol. The number of hydrogen-bond acceptors (Lipinski definition) is 4. The van der Waals surface area contributed by atoms with Gasteiger partial charge in [0.25, 0.3) is 0 Å². The van der Waals surface area contributed by atoms with Crippen LogP contribution in [0.1, 0.15) is 12.5 Å². The van der Waals surface area contributed by atoms with Crippen molar-refractivity contribution in [2.75, 3.05) is 15.8 Å². The fraction of sp³-hybridized carbons (Fsp3) is 0.214. The molecule has 2 rings (SSSR count). The van der Waals surface area contributed by atoms with Gasteiger partial charge in [0.2, 0.25) is 10.0 Å². The standard InChI is InChI=1S/C14H16ClN3O2S/c1-3-21(19,20)18-12-5-7-14(16-9-12)17-13-6-4-11(15)8-10(13)2/h4-9,18H,3H2,1-2H3,(H,16,17). The summed E-state index contributed by atoms with van der Waals surface area (Å²) < 4.78 is 25.4. The van der Waals surface area contributed by atoms with E-state index in [1.165, 1.54) is 6.20 Å². The third-order valence-electron chi connectivity index (χ3n) is 2.87. The van der Waals surface area contributed by atoms with Gasteiger partial charge in [0.05, 0.1) is 17.6 Å². The maximum Gasteiger partial charge on any atom is 0.232 e. The van der Waals surface area contributed by atoms with Crippen LogP contribution >= 0.6 is 11.6 Å². The largest absolute Gasteiger partial charge is 0.340 e. The van der Waals surface area contributed by atoms with Gasteiger partial charge in [0.1, 0.15) is 5.82 Å². The predicted octanol–water partition coefficient (Wildman–Crippen LogP) is 3.55. The van der Waals surface area contributed by atoms with Gasteiger partial charge in [-0.1, -0.05) is 11.6 Å². The van der Waals surface area contributed by atoms with Crippen molar-refractivity contribution in [3.8, 4) is 0 Å². The van der Waals surface area contributed by atoms with Gasteiger partial charge in [0, 0.05) is 10.7 Å². The maximum atomic E-state index is 11.5. The van der Waals surface area contributed by atoms with Crippen molar-refractivity contribution in [2.45, 2.75) is 13.8 Å². The Morgan fingerprint density at radius 2 is 2.00 bits per heavy atom. The second-order valence-electron chi connectivity index (χ2n) is 4.52. The van der Waals surface area contributed by atoms with Crippen LogP contribution in [-0.2, 0) is 10.0 Å². The fourth-order valence-corrected chi connectivity index (χ4v) is 2.54. The molecule has 2 N–H and O–H groups in total. The van der Waals surface area contributed by atoms with Crippen molar-refractivity contribution in [2.24, 2.45) is 0 Å². The quantitative estimate of drug-likeness (QED) is 0.882. The number of halogens is 1. The molecular weight excluding hydrogens is 310 g/mol. The Balaban J connectivity index is 2.12. The van der Waals surface area contributed by atoms with Gasteiger partial charge in [-0.05, 0) is 49.7 Å². The molecule has 112 valence electrons. The molecule has 0 aliphatic rings. The Kier molecular flexibility index (Phi) is 4.69. The number of hydrogen-bond donors (Lipinski definition) is 2. The molecule has 21 heavy (non-hydrogen) atoms. The zero-order valence-corrected chi connectivity index (χ0v) is 13.3. The first-order valence-corrected chi connectivity index (χ1v) is 8.42. The Hall–Kier alpha value is -1.79. The first-order chi connectivity index (χ1) is 9.89. The molecular formula is C14H16ClN3O2S. The van der Waals surface area contributed by atoms with Crippen LogP contribution in [0.4, 0.5) is 17.2 Å². The Morgan fingerprint density at radius 1 is 1.24 bits per heavy atom. The first-order valence-electron chi connectivity index (χ1n) is 6.39. The summed E-state index contributed by atoms with van der Waals surface area (Å²) in [6, 6.07) is 8.89. The molecule has 0 radical (unpaired) electrons. The number of nitrogens with zero attached hydrogens (tertiary/aromatic N) is 1. The van der Waals surface area contributed by atoms with Gasteiger partial charge >= 0.3 is 0 Å². The summed E-state index contributed by atoms with van der Waals surface area (Å²) in [6.45, 7) is 3.52. The number of rotatable bonds is 5. The normalized spacial score (nSPS) is 11.2. The minimum Gasteiger partial charge on any atom is -0.340 e. The molecule has 5 nitrogen and oxygen atoms in total. The van der Waals surface area contributed by atoms with Crippen molar-refractivity contribution in [1.29, 1.82) is 0 Å². The van der Waals surface area contributed by atoms with Crippen molar-refractivity contribution >= 4 is 38.8 Å². The van der Waals surface area contributed by atoms with Crippen LogP contribution in [0.5, 0.6) is 0 Å². The summed E-state index contributed by atoms with van der Waals surface area (Å²) >= 11 is 5.91. The second-order valence-corrected chi connectivity index (χ2v) is 6.97. The maximum absolute atomic E-state index is 11.5. The number of aryl methyl sites for hydroxylation is 1. The number of sulfonamides is 1. The van der Waals surface area contributed by atoms with Gasteiger partial charge in [-0.2, -0.15) is 0 Å². The molecule has 0 fully saturated rings. The highest BCUT2D eigenvalue weighted by atomic mass is 35.5. The molecule has 1 aromatic heterocycles. The Bertz CT molecular complexity index is 730. The van der Waals surface area contributed by atoms with Crippen molar-refractivity contribution in [1.82, 2.24) is 4.98 Å². The third kappa shape index (κ3) is 4.34. The summed E-state index contributed by atoms with van der Waals surface area (Å²) in [7, 11) is -3.28. The molecule has 0 amide bonds. The molecule has 7 heteroatoms. The van der Waals surface area contributed by atoms with Gasteiger partial charge in [-0.3, -0.25) is 4.72 Å². The van der Waals surface area contributed by atoms with E-state index in [4.69, 9.17) is 11.6 Å². The van der Waals surface area contributed by atoms with E-state index in [1.54, 1.807) is 25.1 Å². The average Bonchev–Trinajstić information content (AvgIpc) is 2.44. The third-order valence-corrected chi connectivity index (χ3v) is 4.41. The van der Waals surface area contributed by atoms with E-state index in [0.29, 0.717) is 16.5 Å². The van der Waals surface area contributed by atoms with Gasteiger partial charge < -0.3 is 5.32 Å². The molecule has 2 aromatic rings. The highest BCUT2D eigenvalue weighted by molar-refractivity contribution is 7.92. The molecule has 0 spiro atoms. The monoisotopic (exact) mass is 325 g/mol. The van der Waals surface area contributed by atoms with Crippen LogP contribution in [0.3, 0.4) is 0 Å². The number of benzene rings is 1. The summed E-state index contributed by atoms with van der Waals surface area (Å²) in [5, 5.41) is 3.83. The minimum absolute atomic E-state index is 0.0248. The first kappa shape index (κ1) is 15.6. The molecule has 0 saturated carbocycles. The topological polar surface area (TPSA) is 71.1 Å². The van der Waals surface area contributed by atoms with E-state index in [0.717, 1.165) is 11.3 Å². The van der Waals surface area contributed by atoms with E-state index in [2.05, 4.69) is 15.0 Å². The molecule has 0 unspecified atom stereocenters. The van der Waals surface area contributed by atoms with Crippen LogP contribution in [0.2, 0.25) is 5.02 Å². The summed E-state index contributed by atoms with van der Waals surface area (Å²) in [4.78, 5) is 4.18. The summed E-state index contributed by atoms with van der Waals surface area (Å²) in [5.74, 6) is 0.650. The Morgan fingerprint density at radius 3 is 2.57 bits per heavy atom. The number of nitrogens with one attached hydrogen (secondary N) is 2. The van der Waals surface area contributed by atoms with E-state index >= 15 is 0 Å². The van der Waals surface area contributed by atoms with Crippen LogP contribution in [-0.4, -0.2) is 19.2 Å². The van der Waals surface area contributed by atoms with Crippen LogP contribution in [0.15, 0.2) is 36.5 Å². The van der Waals surface area contributed by atoms with Crippen molar-refractivity contribution in [3.05, 3.63) is 47.1 Å². The van der Waals surface area contributed by atoms with Gasteiger partial charge in [0.15, 0.2) is 0 Å². The molecule has 1 aromatic carbocycles. The fourth-order valence-electron chi connectivity index (χ4n) is 1.69. The van der Waals surface area contributed by atoms with Crippen molar-refractivity contribution in [3.63, 3.8) is 0 Å². The van der Waals surface area contributed by atoms with Crippen LogP contribution < -0.4 is 10.0 Å².